The van der Waals surface area contributed by atoms with Crippen LogP contribution in [0.25, 0.3) is 0 Å². The van der Waals surface area contributed by atoms with Crippen molar-refractivity contribution in [2.24, 2.45) is 0 Å². The van der Waals surface area contributed by atoms with Gasteiger partial charge in [-0.3, -0.25) is 14.5 Å². The summed E-state index contributed by atoms with van der Waals surface area (Å²) in [5.41, 5.74) is 2.47. The Morgan fingerprint density at radius 1 is 1.03 bits per heavy atom. The maximum atomic E-state index is 13.8. The molecule has 1 aliphatic carbocycles. The van der Waals surface area contributed by atoms with Gasteiger partial charge in [0.15, 0.2) is 0 Å². The molecule has 6 heteroatoms. The first-order valence-corrected chi connectivity index (χ1v) is 12.7. The van der Waals surface area contributed by atoms with Crippen molar-refractivity contribution in [3.8, 4) is 0 Å². The molecular formula is C27H29ClN2O2S. The molecule has 0 bridgehead atoms. The lowest BCUT2D eigenvalue weighted by atomic mass is 9.93. The zero-order valence-electron chi connectivity index (χ0n) is 18.8. The Morgan fingerprint density at radius 3 is 2.42 bits per heavy atom. The Labute approximate surface area is 204 Å². The molecule has 3 aromatic rings. The second-order valence-electron chi connectivity index (χ2n) is 8.60. The van der Waals surface area contributed by atoms with Gasteiger partial charge < -0.3 is 5.32 Å². The van der Waals surface area contributed by atoms with Crippen LogP contribution in [0.5, 0.6) is 0 Å². The molecule has 0 spiro atoms. The van der Waals surface area contributed by atoms with Crippen molar-refractivity contribution in [3.63, 3.8) is 0 Å². The number of nitrogens with one attached hydrogen (secondary N) is 1. The van der Waals surface area contributed by atoms with E-state index in [0.29, 0.717) is 10.7 Å². The molecule has 1 heterocycles. The minimum Gasteiger partial charge on any atom is -0.351 e. The van der Waals surface area contributed by atoms with Gasteiger partial charge in [0.1, 0.15) is 6.04 Å². The van der Waals surface area contributed by atoms with Crippen LogP contribution in [0.2, 0.25) is 5.02 Å². The van der Waals surface area contributed by atoms with Gasteiger partial charge in [0.25, 0.3) is 0 Å². The van der Waals surface area contributed by atoms with Crippen LogP contribution in [0, 0.1) is 6.92 Å². The van der Waals surface area contributed by atoms with E-state index in [-0.39, 0.29) is 24.3 Å². The fourth-order valence-corrected chi connectivity index (χ4v) is 5.33. The molecule has 0 radical (unpaired) electrons. The summed E-state index contributed by atoms with van der Waals surface area (Å²) in [6.07, 6.45) is 5.66. The van der Waals surface area contributed by atoms with Crippen molar-refractivity contribution in [1.82, 2.24) is 5.32 Å². The zero-order valence-corrected chi connectivity index (χ0v) is 20.4. The van der Waals surface area contributed by atoms with Crippen LogP contribution in [0.1, 0.15) is 54.1 Å². The van der Waals surface area contributed by atoms with E-state index >= 15 is 0 Å². The summed E-state index contributed by atoms with van der Waals surface area (Å²) in [6.45, 7) is 1.99. The summed E-state index contributed by atoms with van der Waals surface area (Å²) in [5, 5.41) is 5.81. The Bertz CT molecular complexity index is 1080. The molecule has 0 saturated heterocycles. The normalized spacial score (nSPS) is 15.1. The lowest BCUT2D eigenvalue weighted by Gasteiger charge is -2.34. The van der Waals surface area contributed by atoms with Gasteiger partial charge in [0.05, 0.1) is 6.42 Å². The van der Waals surface area contributed by atoms with E-state index in [2.05, 4.69) is 5.32 Å². The molecule has 1 N–H and O–H groups in total. The van der Waals surface area contributed by atoms with E-state index in [9.17, 15) is 9.59 Å². The van der Waals surface area contributed by atoms with Crippen LogP contribution in [0.4, 0.5) is 5.69 Å². The number of hydrogen-bond acceptors (Lipinski definition) is 3. The molecular weight excluding hydrogens is 452 g/mol. The highest BCUT2D eigenvalue weighted by molar-refractivity contribution is 7.10. The summed E-state index contributed by atoms with van der Waals surface area (Å²) in [5.74, 6) is -0.252. The standard InChI is InChI=1S/C27H29ClN2O2S/c1-19-8-5-6-12-24(19)26(27(32)29-21-9-3-2-4-10-21)30(22-15-13-20(28)14-16-22)25(31)18-23-11-7-17-33-23/h5-8,11-17,21,26H,2-4,9-10,18H2,1H3,(H,29,32). The fraction of sp³-hybridized carbons (Fsp3) is 0.333. The van der Waals surface area contributed by atoms with Gasteiger partial charge in [-0.25, -0.2) is 0 Å². The van der Waals surface area contributed by atoms with Gasteiger partial charge in [0, 0.05) is 21.6 Å². The molecule has 1 saturated carbocycles. The second kappa shape index (κ2) is 11.0. The number of thiophene rings is 1. The Balaban J connectivity index is 1.75. The SMILES string of the molecule is Cc1ccccc1C(C(=O)NC1CCCCC1)N(C(=O)Cc1cccs1)c1ccc(Cl)cc1. The predicted molar refractivity (Wildman–Crippen MR) is 136 cm³/mol. The quantitative estimate of drug-likeness (QED) is 0.421. The van der Waals surface area contributed by atoms with E-state index in [4.69, 9.17) is 11.6 Å². The van der Waals surface area contributed by atoms with E-state index < -0.39 is 6.04 Å². The lowest BCUT2D eigenvalue weighted by molar-refractivity contribution is -0.127. The third kappa shape index (κ3) is 5.84. The van der Waals surface area contributed by atoms with Crippen LogP contribution in [-0.2, 0) is 16.0 Å². The van der Waals surface area contributed by atoms with Crippen molar-refractivity contribution in [2.45, 2.75) is 57.5 Å². The summed E-state index contributed by atoms with van der Waals surface area (Å²) in [4.78, 5) is 30.2. The summed E-state index contributed by atoms with van der Waals surface area (Å²) in [6, 6.07) is 18.2. The molecule has 1 atom stereocenters. The molecule has 172 valence electrons. The summed E-state index contributed by atoms with van der Waals surface area (Å²) < 4.78 is 0. The van der Waals surface area contributed by atoms with Crippen LogP contribution in [-0.4, -0.2) is 17.9 Å². The molecule has 33 heavy (non-hydrogen) atoms. The molecule has 0 aliphatic heterocycles. The molecule has 4 rings (SSSR count). The topological polar surface area (TPSA) is 49.4 Å². The van der Waals surface area contributed by atoms with Gasteiger partial charge in [-0.1, -0.05) is 61.2 Å². The summed E-state index contributed by atoms with van der Waals surface area (Å²) in [7, 11) is 0. The number of aryl methyl sites for hydroxylation is 1. The fourth-order valence-electron chi connectivity index (χ4n) is 4.50. The van der Waals surface area contributed by atoms with Gasteiger partial charge in [0.2, 0.25) is 11.8 Å². The molecule has 2 amide bonds. The lowest BCUT2D eigenvalue weighted by Crippen LogP contribution is -2.48. The Hall–Kier alpha value is -2.63. The van der Waals surface area contributed by atoms with Crippen LogP contribution in [0.3, 0.4) is 0 Å². The van der Waals surface area contributed by atoms with Gasteiger partial charge in [-0.05, 0) is 66.6 Å². The van der Waals surface area contributed by atoms with Crippen molar-refractivity contribution in [1.29, 1.82) is 0 Å². The number of hydrogen-bond donors (Lipinski definition) is 1. The highest BCUT2D eigenvalue weighted by atomic mass is 35.5. The highest BCUT2D eigenvalue weighted by Gasteiger charge is 2.34. The average Bonchev–Trinajstić information content (AvgIpc) is 3.32. The minimum atomic E-state index is -0.762. The number of amides is 2. The molecule has 4 nitrogen and oxygen atoms in total. The third-order valence-corrected chi connectivity index (χ3v) is 7.35. The average molecular weight is 481 g/mol. The predicted octanol–water partition coefficient (Wildman–Crippen LogP) is 6.48. The molecule has 1 unspecified atom stereocenters. The number of halogens is 1. The number of benzene rings is 2. The maximum absolute atomic E-state index is 13.8. The monoisotopic (exact) mass is 480 g/mol. The van der Waals surface area contributed by atoms with Crippen molar-refractivity contribution in [3.05, 3.63) is 87.1 Å². The van der Waals surface area contributed by atoms with Gasteiger partial charge in [-0.2, -0.15) is 0 Å². The van der Waals surface area contributed by atoms with Crippen LogP contribution < -0.4 is 10.2 Å². The molecule has 1 aliphatic rings. The number of carbonyl (C=O) groups is 2. The van der Waals surface area contributed by atoms with Crippen molar-refractivity contribution < 1.29 is 9.59 Å². The number of rotatable bonds is 7. The first-order valence-electron chi connectivity index (χ1n) is 11.5. The first kappa shape index (κ1) is 23.5. The molecule has 1 aromatic heterocycles. The van der Waals surface area contributed by atoms with Crippen LogP contribution >= 0.6 is 22.9 Å². The largest absolute Gasteiger partial charge is 0.351 e. The molecule has 2 aromatic carbocycles. The zero-order chi connectivity index (χ0) is 23.2. The second-order valence-corrected chi connectivity index (χ2v) is 10.1. The van der Waals surface area contributed by atoms with E-state index in [1.54, 1.807) is 28.4 Å². The third-order valence-electron chi connectivity index (χ3n) is 6.22. The van der Waals surface area contributed by atoms with Crippen molar-refractivity contribution >= 4 is 40.4 Å². The number of nitrogens with zero attached hydrogens (tertiary/aromatic N) is 1. The smallest absolute Gasteiger partial charge is 0.248 e. The van der Waals surface area contributed by atoms with Crippen molar-refractivity contribution in [2.75, 3.05) is 4.90 Å². The van der Waals surface area contributed by atoms with Gasteiger partial charge in [-0.15, -0.1) is 11.3 Å². The Kier molecular flexibility index (Phi) is 7.84. The summed E-state index contributed by atoms with van der Waals surface area (Å²) >= 11 is 7.69. The number of carbonyl (C=O) groups excluding carboxylic acids is 2. The van der Waals surface area contributed by atoms with E-state index in [0.717, 1.165) is 41.7 Å². The minimum absolute atomic E-state index is 0.119. The molecule has 1 fully saturated rings. The first-order chi connectivity index (χ1) is 16.0. The highest BCUT2D eigenvalue weighted by Crippen LogP contribution is 2.32. The Morgan fingerprint density at radius 2 is 1.76 bits per heavy atom. The van der Waals surface area contributed by atoms with Crippen LogP contribution in [0.15, 0.2) is 66.0 Å². The number of anilines is 1. The van der Waals surface area contributed by atoms with Gasteiger partial charge >= 0.3 is 0 Å². The maximum Gasteiger partial charge on any atom is 0.248 e. The van der Waals surface area contributed by atoms with E-state index in [1.807, 2.05) is 60.8 Å². The van der Waals surface area contributed by atoms with E-state index in [1.165, 1.54) is 6.42 Å².